The smallest absolute Gasteiger partial charge is 0.0594 e. The summed E-state index contributed by atoms with van der Waals surface area (Å²) in [6.45, 7) is 22.8. The summed E-state index contributed by atoms with van der Waals surface area (Å²) in [5.41, 5.74) is 4.22. The van der Waals surface area contributed by atoms with Crippen LogP contribution in [0.15, 0.2) is 11.6 Å². The first-order valence-corrected chi connectivity index (χ1v) is 14.5. The van der Waals surface area contributed by atoms with Crippen LogP contribution in [0.4, 0.5) is 0 Å². The van der Waals surface area contributed by atoms with Gasteiger partial charge in [-0.15, -0.1) is 0 Å². The Morgan fingerprint density at radius 3 is 2.21 bits per heavy atom. The lowest BCUT2D eigenvalue weighted by Gasteiger charge is -2.64. The molecule has 9 unspecified atom stereocenters. The Morgan fingerprint density at radius 1 is 0.909 bits per heavy atom. The molecule has 0 radical (unpaired) electrons. The molecule has 4 saturated carbocycles. The van der Waals surface area contributed by atoms with Crippen LogP contribution in [0.5, 0.6) is 0 Å². The summed E-state index contributed by atoms with van der Waals surface area (Å²) in [5, 5.41) is 10.8. The van der Waals surface area contributed by atoms with Crippen molar-refractivity contribution in [2.75, 3.05) is 0 Å². The van der Waals surface area contributed by atoms with Crippen LogP contribution < -0.4 is 0 Å². The van der Waals surface area contributed by atoms with Crippen molar-refractivity contribution < 1.29 is 5.11 Å². The third-order valence-corrected chi connectivity index (χ3v) is 14.0. The van der Waals surface area contributed by atoms with Gasteiger partial charge in [-0.25, -0.2) is 0 Å². The Hall–Kier alpha value is -0.300. The van der Waals surface area contributed by atoms with E-state index in [0.29, 0.717) is 33.0 Å². The van der Waals surface area contributed by atoms with E-state index in [1.54, 1.807) is 0 Å². The van der Waals surface area contributed by atoms with Crippen molar-refractivity contribution >= 4 is 0 Å². The zero-order valence-corrected chi connectivity index (χ0v) is 23.5. The molecule has 0 aromatic heterocycles. The number of rotatable bonds is 4. The van der Waals surface area contributed by atoms with Gasteiger partial charge < -0.3 is 5.11 Å². The molecule has 1 N–H and O–H groups in total. The molecule has 5 aliphatic rings. The van der Waals surface area contributed by atoms with Crippen LogP contribution in [0.25, 0.3) is 0 Å². The van der Waals surface area contributed by atoms with Crippen molar-refractivity contribution in [3.8, 4) is 0 Å². The van der Waals surface area contributed by atoms with Crippen LogP contribution in [0.1, 0.15) is 127 Å². The fraction of sp³-hybridized carbons (Fsp3) is 0.938. The lowest BCUT2D eigenvalue weighted by Crippen LogP contribution is -2.57. The first-order valence-electron chi connectivity index (χ1n) is 14.5. The SMILES string of the molecule is CC(CCC1(C)CC1(C)C)C1CCC2(C)C3CCC4C(C)(CCC(O)C4(C)C)C3=CCC12C. The summed E-state index contributed by atoms with van der Waals surface area (Å²) < 4.78 is 0. The molecule has 1 nitrogen and oxygen atoms in total. The van der Waals surface area contributed by atoms with Gasteiger partial charge in [-0.2, -0.15) is 0 Å². The predicted molar refractivity (Wildman–Crippen MR) is 140 cm³/mol. The Labute approximate surface area is 205 Å². The van der Waals surface area contributed by atoms with Gasteiger partial charge in [0.1, 0.15) is 0 Å². The van der Waals surface area contributed by atoms with Crippen molar-refractivity contribution in [1.82, 2.24) is 0 Å². The second-order valence-corrected chi connectivity index (χ2v) is 16.0. The minimum absolute atomic E-state index is 0.0416. The highest BCUT2D eigenvalue weighted by Gasteiger charge is 2.65. The molecule has 0 heterocycles. The Morgan fingerprint density at radius 2 is 1.58 bits per heavy atom. The van der Waals surface area contributed by atoms with Crippen LogP contribution in [-0.4, -0.2) is 11.2 Å². The van der Waals surface area contributed by atoms with Gasteiger partial charge in [0.15, 0.2) is 0 Å². The van der Waals surface area contributed by atoms with E-state index >= 15 is 0 Å². The van der Waals surface area contributed by atoms with Crippen LogP contribution >= 0.6 is 0 Å². The molecular formula is C32H54O. The van der Waals surface area contributed by atoms with Crippen molar-refractivity contribution in [2.24, 2.45) is 56.2 Å². The Bertz CT molecular complexity index is 835. The largest absolute Gasteiger partial charge is 0.393 e. The fourth-order valence-corrected chi connectivity index (χ4v) is 10.8. The van der Waals surface area contributed by atoms with Gasteiger partial charge in [-0.3, -0.25) is 0 Å². The maximum absolute atomic E-state index is 10.8. The van der Waals surface area contributed by atoms with E-state index in [4.69, 9.17) is 0 Å². The van der Waals surface area contributed by atoms with Crippen molar-refractivity contribution in [2.45, 2.75) is 133 Å². The highest BCUT2D eigenvalue weighted by molar-refractivity contribution is 5.32. The Balaban J connectivity index is 1.40. The highest BCUT2D eigenvalue weighted by atomic mass is 16.3. The summed E-state index contributed by atoms with van der Waals surface area (Å²) in [5.74, 6) is 3.11. The van der Waals surface area contributed by atoms with E-state index in [9.17, 15) is 5.11 Å². The number of aliphatic hydroxyl groups excluding tert-OH is 1. The zero-order valence-electron chi connectivity index (χ0n) is 23.5. The molecule has 0 amide bonds. The monoisotopic (exact) mass is 454 g/mol. The molecule has 0 aromatic rings. The molecule has 1 heteroatoms. The molecule has 9 atom stereocenters. The molecule has 0 aromatic carbocycles. The number of hydrogen-bond acceptors (Lipinski definition) is 1. The molecule has 5 rings (SSSR count). The number of fused-ring (bicyclic) bond motifs is 5. The molecule has 5 aliphatic carbocycles. The second kappa shape index (κ2) is 7.14. The van der Waals surface area contributed by atoms with E-state index in [-0.39, 0.29) is 11.5 Å². The number of allylic oxidation sites excluding steroid dienone is 2. The second-order valence-electron chi connectivity index (χ2n) is 16.0. The van der Waals surface area contributed by atoms with Crippen molar-refractivity contribution in [3.63, 3.8) is 0 Å². The summed E-state index contributed by atoms with van der Waals surface area (Å²) in [6, 6.07) is 0. The van der Waals surface area contributed by atoms with Crippen LogP contribution in [0, 0.1) is 56.2 Å². The minimum Gasteiger partial charge on any atom is -0.393 e. The molecule has 0 bridgehead atoms. The van der Waals surface area contributed by atoms with E-state index in [2.05, 4.69) is 68.4 Å². The van der Waals surface area contributed by atoms with Gasteiger partial charge >= 0.3 is 0 Å². The first kappa shape index (κ1) is 24.4. The third-order valence-electron chi connectivity index (χ3n) is 14.0. The third kappa shape index (κ3) is 3.12. The molecule has 0 spiro atoms. The van der Waals surface area contributed by atoms with Crippen LogP contribution in [0.3, 0.4) is 0 Å². The van der Waals surface area contributed by atoms with E-state index < -0.39 is 0 Å². The summed E-state index contributed by atoms with van der Waals surface area (Å²) >= 11 is 0. The van der Waals surface area contributed by atoms with Gasteiger partial charge in [0.2, 0.25) is 0 Å². The summed E-state index contributed by atoms with van der Waals surface area (Å²) in [7, 11) is 0. The molecule has 188 valence electrons. The first-order chi connectivity index (χ1) is 15.1. The summed E-state index contributed by atoms with van der Waals surface area (Å²) in [6.07, 6.45) is 15.9. The average molecular weight is 455 g/mol. The maximum Gasteiger partial charge on any atom is 0.0594 e. The highest BCUT2D eigenvalue weighted by Crippen LogP contribution is 2.73. The average Bonchev–Trinajstić information content (AvgIpc) is 3.09. The van der Waals surface area contributed by atoms with Gasteiger partial charge in [0, 0.05) is 0 Å². The summed E-state index contributed by atoms with van der Waals surface area (Å²) in [4.78, 5) is 0. The maximum atomic E-state index is 10.8. The molecular weight excluding hydrogens is 400 g/mol. The topological polar surface area (TPSA) is 20.2 Å². The van der Waals surface area contributed by atoms with E-state index in [1.165, 1.54) is 57.8 Å². The van der Waals surface area contributed by atoms with Crippen molar-refractivity contribution in [3.05, 3.63) is 11.6 Å². The molecule has 0 saturated heterocycles. The van der Waals surface area contributed by atoms with Gasteiger partial charge in [0.25, 0.3) is 0 Å². The van der Waals surface area contributed by atoms with Gasteiger partial charge in [0.05, 0.1) is 6.10 Å². The van der Waals surface area contributed by atoms with Crippen LogP contribution in [-0.2, 0) is 0 Å². The normalized spacial score (nSPS) is 52.8. The van der Waals surface area contributed by atoms with Gasteiger partial charge in [-0.05, 0) is 120 Å². The number of aliphatic hydroxyl groups is 1. The number of hydrogen-bond donors (Lipinski definition) is 1. The molecule has 33 heavy (non-hydrogen) atoms. The Kier molecular flexibility index (Phi) is 5.28. The lowest BCUT2D eigenvalue weighted by molar-refractivity contribution is -0.118. The quantitative estimate of drug-likeness (QED) is 0.421. The molecule has 4 fully saturated rings. The standard InChI is InChI=1S/C32H54O/c1-21(12-16-29(6)20-27(29,2)3)22-13-18-32(9)24-10-11-25-28(4,5)26(33)15-17-30(25,7)23(24)14-19-31(22,32)8/h14,21-22,24-26,33H,10-13,15-20H2,1-9H3. The fourth-order valence-electron chi connectivity index (χ4n) is 10.8. The molecule has 0 aliphatic heterocycles. The zero-order chi connectivity index (χ0) is 24.2. The minimum atomic E-state index is -0.132. The van der Waals surface area contributed by atoms with Gasteiger partial charge in [-0.1, -0.05) is 74.0 Å². The predicted octanol–water partition coefficient (Wildman–Crippen LogP) is 8.81. The van der Waals surface area contributed by atoms with Crippen LogP contribution in [0.2, 0.25) is 0 Å². The van der Waals surface area contributed by atoms with E-state index in [0.717, 1.165) is 24.2 Å². The van der Waals surface area contributed by atoms with E-state index in [1.807, 2.05) is 5.57 Å². The lowest BCUT2D eigenvalue weighted by atomic mass is 9.41. The van der Waals surface area contributed by atoms with Crippen molar-refractivity contribution in [1.29, 1.82) is 0 Å².